The first-order valence-electron chi connectivity index (χ1n) is 2.87. The zero-order valence-electron chi connectivity index (χ0n) is 5.70. The van der Waals surface area contributed by atoms with Crippen LogP contribution in [0.15, 0.2) is 33.5 Å². The Hall–Kier alpha value is -0.336. The van der Waals surface area contributed by atoms with Gasteiger partial charge in [0.15, 0.2) is 0 Å². The van der Waals surface area contributed by atoms with Gasteiger partial charge in [0.2, 0.25) is 0 Å². The van der Waals surface area contributed by atoms with Gasteiger partial charge in [0.05, 0.1) is 0 Å². The average molecular weight is 221 g/mol. The molecule has 2 nitrogen and oxygen atoms in total. The monoisotopic (exact) mass is 221 g/mol. The van der Waals surface area contributed by atoms with Gasteiger partial charge in [0.25, 0.3) is 0 Å². The first kappa shape index (κ1) is 8.76. The first-order chi connectivity index (χ1) is 4.97. The van der Waals surface area contributed by atoms with Crippen molar-refractivity contribution in [2.75, 3.05) is 0 Å². The third kappa shape index (κ3) is 1.82. The van der Waals surface area contributed by atoms with E-state index in [9.17, 15) is 0 Å². The van der Waals surface area contributed by atoms with Crippen molar-refractivity contribution in [3.8, 4) is 11.5 Å². The van der Waals surface area contributed by atoms with Crippen molar-refractivity contribution in [2.45, 2.75) is 0 Å². The molecule has 0 fully saturated rings. The predicted octanol–water partition coefficient (Wildman–Crippen LogP) is 2.14. The van der Waals surface area contributed by atoms with Gasteiger partial charge in [-0.05, 0) is 12.5 Å². The third-order valence-electron chi connectivity index (χ3n) is 1.14. The Bertz CT molecular complexity index is 252. The summed E-state index contributed by atoms with van der Waals surface area (Å²) in [6.07, 6.45) is 3.09. The van der Waals surface area contributed by atoms with Crippen molar-refractivity contribution in [1.29, 1.82) is 0 Å². The normalized spacial score (nSPS) is 9.09. The number of furan rings is 2. The average Bonchev–Trinajstić information content (AvgIpc) is 2.59. The Morgan fingerprint density at radius 3 is 1.64 bits per heavy atom. The summed E-state index contributed by atoms with van der Waals surface area (Å²) in [5.41, 5.74) is 0. The largest absolute Gasteiger partial charge is 0.600 e. The number of hydrogen-bond donors (Lipinski definition) is 0. The van der Waals surface area contributed by atoms with Crippen molar-refractivity contribution in [3.05, 3.63) is 36.8 Å². The molecule has 0 atom stereocenters. The van der Waals surface area contributed by atoms with Gasteiger partial charge in [0, 0.05) is 32.7 Å². The van der Waals surface area contributed by atoms with E-state index >= 15 is 0 Å². The van der Waals surface area contributed by atoms with Crippen molar-refractivity contribution < 1.29 is 41.5 Å². The molecular formula is C8H4O2Y-2. The molecule has 3 heteroatoms. The van der Waals surface area contributed by atoms with Crippen molar-refractivity contribution in [3.63, 3.8) is 0 Å². The fraction of sp³-hybridized carbons (Fsp3) is 0. The van der Waals surface area contributed by atoms with Crippen molar-refractivity contribution >= 4 is 0 Å². The minimum atomic E-state index is 0. The zero-order chi connectivity index (χ0) is 6.81. The molecule has 2 aromatic rings. The van der Waals surface area contributed by atoms with Crippen molar-refractivity contribution in [1.82, 2.24) is 0 Å². The fourth-order valence-electron chi connectivity index (χ4n) is 0.730. The molecule has 0 amide bonds. The van der Waals surface area contributed by atoms with E-state index in [4.69, 9.17) is 8.83 Å². The smallest absolute Gasteiger partial charge is 0 e. The van der Waals surface area contributed by atoms with E-state index in [1.54, 1.807) is 24.7 Å². The molecule has 53 valence electrons. The Labute approximate surface area is 89.5 Å². The molecular weight excluding hydrogens is 217 g/mol. The molecule has 0 saturated heterocycles. The van der Waals surface area contributed by atoms with E-state index in [-0.39, 0.29) is 32.7 Å². The molecule has 0 aliphatic rings. The van der Waals surface area contributed by atoms with Crippen LogP contribution in [-0.2, 0) is 32.7 Å². The van der Waals surface area contributed by atoms with Crippen molar-refractivity contribution in [2.24, 2.45) is 0 Å². The van der Waals surface area contributed by atoms with Crippen LogP contribution in [0, 0.1) is 12.1 Å². The molecule has 0 spiro atoms. The van der Waals surface area contributed by atoms with Crippen LogP contribution in [0.4, 0.5) is 0 Å². The van der Waals surface area contributed by atoms with Crippen LogP contribution in [-0.4, -0.2) is 0 Å². The molecule has 2 aromatic heterocycles. The van der Waals surface area contributed by atoms with E-state index < -0.39 is 0 Å². The summed E-state index contributed by atoms with van der Waals surface area (Å²) in [5.74, 6) is 1.18. The van der Waals surface area contributed by atoms with Gasteiger partial charge in [-0.2, -0.15) is 12.1 Å². The van der Waals surface area contributed by atoms with E-state index in [1.807, 2.05) is 0 Å². The van der Waals surface area contributed by atoms with E-state index in [0.717, 1.165) is 0 Å². The van der Waals surface area contributed by atoms with Crippen LogP contribution in [0.3, 0.4) is 0 Å². The summed E-state index contributed by atoms with van der Waals surface area (Å²) in [6.45, 7) is 0. The van der Waals surface area contributed by atoms with Gasteiger partial charge in [-0.25, -0.2) is 12.1 Å². The maximum Gasteiger partial charge on any atom is 0 e. The maximum absolute atomic E-state index is 5.00. The standard InChI is InChI=1S/C8H4O2.Y/c1-3-7(9-5-1)8-4-2-6-10-8;/h1-2,5-6H;/q-2;. The van der Waals surface area contributed by atoms with Gasteiger partial charge < -0.3 is 8.83 Å². The molecule has 0 saturated carbocycles. The predicted molar refractivity (Wildman–Crippen MR) is 34.1 cm³/mol. The first-order valence-corrected chi connectivity index (χ1v) is 2.87. The van der Waals surface area contributed by atoms with Gasteiger partial charge >= 0.3 is 0 Å². The van der Waals surface area contributed by atoms with E-state index in [1.165, 1.54) is 0 Å². The Morgan fingerprint density at radius 1 is 0.909 bits per heavy atom. The summed E-state index contributed by atoms with van der Waals surface area (Å²) < 4.78 is 9.99. The SMILES string of the molecule is [Y].[c-]1ccoc1-c1[c-]cco1. The van der Waals surface area contributed by atoms with Crippen LogP contribution in [0.25, 0.3) is 11.5 Å². The molecule has 0 aliphatic heterocycles. The zero-order valence-corrected chi connectivity index (χ0v) is 8.54. The molecule has 1 radical (unpaired) electrons. The molecule has 0 N–H and O–H groups in total. The molecule has 11 heavy (non-hydrogen) atoms. The fourth-order valence-corrected chi connectivity index (χ4v) is 0.730. The summed E-state index contributed by atoms with van der Waals surface area (Å²) in [4.78, 5) is 0. The van der Waals surface area contributed by atoms with Gasteiger partial charge in [-0.1, -0.05) is 11.5 Å². The summed E-state index contributed by atoms with van der Waals surface area (Å²) in [6, 6.07) is 9.07. The van der Waals surface area contributed by atoms with Gasteiger partial charge in [0.1, 0.15) is 0 Å². The van der Waals surface area contributed by atoms with Crippen LogP contribution in [0.5, 0.6) is 0 Å². The second-order valence-corrected chi connectivity index (χ2v) is 1.79. The minimum Gasteiger partial charge on any atom is -0.600 e. The van der Waals surface area contributed by atoms with Crippen LogP contribution < -0.4 is 0 Å². The number of hydrogen-bond acceptors (Lipinski definition) is 2. The molecule has 0 bridgehead atoms. The second-order valence-electron chi connectivity index (χ2n) is 1.79. The quantitative estimate of drug-likeness (QED) is 0.689. The van der Waals surface area contributed by atoms with Crippen LogP contribution in [0.2, 0.25) is 0 Å². The molecule has 2 rings (SSSR count). The molecule has 2 heterocycles. The molecule has 0 aliphatic carbocycles. The molecule has 0 unspecified atom stereocenters. The van der Waals surface area contributed by atoms with Crippen LogP contribution in [0.1, 0.15) is 0 Å². The summed E-state index contributed by atoms with van der Waals surface area (Å²) >= 11 is 0. The Morgan fingerprint density at radius 2 is 1.36 bits per heavy atom. The maximum atomic E-state index is 5.00. The molecule has 0 aromatic carbocycles. The second kappa shape index (κ2) is 3.89. The van der Waals surface area contributed by atoms with Gasteiger partial charge in [-0.15, -0.1) is 0 Å². The van der Waals surface area contributed by atoms with E-state index in [2.05, 4.69) is 12.1 Å². The van der Waals surface area contributed by atoms with Crippen LogP contribution >= 0.6 is 0 Å². The minimum absolute atomic E-state index is 0. The Kier molecular flexibility index (Phi) is 3.09. The topological polar surface area (TPSA) is 26.3 Å². The number of rotatable bonds is 1. The summed E-state index contributed by atoms with van der Waals surface area (Å²) in [5, 5.41) is 0. The van der Waals surface area contributed by atoms with E-state index in [0.29, 0.717) is 11.5 Å². The Balaban J connectivity index is 0.000000605. The summed E-state index contributed by atoms with van der Waals surface area (Å²) in [7, 11) is 0. The van der Waals surface area contributed by atoms with Gasteiger partial charge in [-0.3, -0.25) is 0 Å². The third-order valence-corrected chi connectivity index (χ3v) is 1.14.